The lowest BCUT2D eigenvalue weighted by Crippen LogP contribution is -2.30. The molecule has 1 aliphatic heterocycles. The molecule has 1 heterocycles. The summed E-state index contributed by atoms with van der Waals surface area (Å²) in [6, 6.07) is 8.78. The average Bonchev–Trinajstić information content (AvgIpc) is 2.46. The molecule has 1 aliphatic rings. The van der Waals surface area contributed by atoms with Crippen LogP contribution in [0.1, 0.15) is 23.6 Å². The fraction of sp³-hybridized carbons (Fsp3) is 0.600. The molecule has 4 nitrogen and oxygen atoms in total. The first kappa shape index (κ1) is 14.5. The second-order valence-electron chi connectivity index (χ2n) is 4.68. The Morgan fingerprint density at radius 1 is 1.26 bits per heavy atom. The SMILES string of the molecule is COCCOCCCNC1COCc2ccccc21. The highest BCUT2D eigenvalue weighted by Crippen LogP contribution is 2.24. The molecule has 1 unspecified atom stereocenters. The van der Waals surface area contributed by atoms with Crippen LogP contribution < -0.4 is 5.32 Å². The van der Waals surface area contributed by atoms with E-state index in [1.807, 2.05) is 0 Å². The Bertz CT molecular complexity index is 370. The lowest BCUT2D eigenvalue weighted by molar-refractivity contribution is 0.0654. The van der Waals surface area contributed by atoms with E-state index in [9.17, 15) is 0 Å². The zero-order chi connectivity index (χ0) is 13.3. The van der Waals surface area contributed by atoms with E-state index in [2.05, 4.69) is 29.6 Å². The molecule has 4 heteroatoms. The van der Waals surface area contributed by atoms with E-state index >= 15 is 0 Å². The lowest BCUT2D eigenvalue weighted by atomic mass is 9.99. The maximum Gasteiger partial charge on any atom is 0.0721 e. The Kier molecular flexibility index (Phi) is 6.30. The Balaban J connectivity index is 1.67. The van der Waals surface area contributed by atoms with Crippen LogP contribution in [0.5, 0.6) is 0 Å². The van der Waals surface area contributed by atoms with Gasteiger partial charge in [0.15, 0.2) is 0 Å². The van der Waals surface area contributed by atoms with Crippen molar-refractivity contribution >= 4 is 0 Å². The van der Waals surface area contributed by atoms with Crippen molar-refractivity contribution in [3.63, 3.8) is 0 Å². The van der Waals surface area contributed by atoms with Gasteiger partial charge < -0.3 is 19.5 Å². The standard InChI is InChI=1S/C15H23NO3/c1-17-9-10-18-8-4-7-16-15-12-19-11-13-5-2-3-6-14(13)15/h2-3,5-6,15-16H,4,7-12H2,1H3. The highest BCUT2D eigenvalue weighted by atomic mass is 16.5. The Labute approximate surface area is 115 Å². The zero-order valence-electron chi connectivity index (χ0n) is 11.6. The van der Waals surface area contributed by atoms with Gasteiger partial charge in [-0.2, -0.15) is 0 Å². The van der Waals surface area contributed by atoms with Gasteiger partial charge in [-0.15, -0.1) is 0 Å². The maximum absolute atomic E-state index is 5.61. The third-order valence-electron chi connectivity index (χ3n) is 3.26. The van der Waals surface area contributed by atoms with Crippen molar-refractivity contribution in [2.45, 2.75) is 19.1 Å². The largest absolute Gasteiger partial charge is 0.382 e. The Hall–Kier alpha value is -0.940. The molecule has 0 saturated heterocycles. The fourth-order valence-electron chi connectivity index (χ4n) is 2.25. The van der Waals surface area contributed by atoms with Crippen molar-refractivity contribution in [1.29, 1.82) is 0 Å². The monoisotopic (exact) mass is 265 g/mol. The second kappa shape index (κ2) is 8.27. The highest BCUT2D eigenvalue weighted by molar-refractivity contribution is 5.30. The third-order valence-corrected chi connectivity index (χ3v) is 3.26. The van der Waals surface area contributed by atoms with Crippen molar-refractivity contribution in [2.24, 2.45) is 0 Å². The number of hydrogen-bond acceptors (Lipinski definition) is 4. The molecule has 0 aromatic heterocycles. The van der Waals surface area contributed by atoms with E-state index in [-0.39, 0.29) is 0 Å². The van der Waals surface area contributed by atoms with Crippen LogP contribution in [0.15, 0.2) is 24.3 Å². The van der Waals surface area contributed by atoms with E-state index < -0.39 is 0 Å². The first-order chi connectivity index (χ1) is 9.42. The fourth-order valence-corrected chi connectivity index (χ4v) is 2.25. The average molecular weight is 265 g/mol. The molecular weight excluding hydrogens is 242 g/mol. The van der Waals surface area contributed by atoms with Crippen molar-refractivity contribution in [2.75, 3.05) is 40.1 Å². The summed E-state index contributed by atoms with van der Waals surface area (Å²) in [4.78, 5) is 0. The maximum atomic E-state index is 5.61. The molecule has 106 valence electrons. The molecule has 1 aromatic rings. The molecule has 0 spiro atoms. The van der Waals surface area contributed by atoms with Crippen LogP contribution in [0.3, 0.4) is 0 Å². The molecule has 19 heavy (non-hydrogen) atoms. The number of hydrogen-bond donors (Lipinski definition) is 1. The van der Waals surface area contributed by atoms with Gasteiger partial charge in [0.05, 0.1) is 32.5 Å². The van der Waals surface area contributed by atoms with E-state index in [1.54, 1.807) is 7.11 Å². The Morgan fingerprint density at radius 3 is 3.05 bits per heavy atom. The van der Waals surface area contributed by atoms with Crippen LogP contribution in [-0.2, 0) is 20.8 Å². The molecule has 1 N–H and O–H groups in total. The number of nitrogens with one attached hydrogen (secondary N) is 1. The summed E-state index contributed by atoms with van der Waals surface area (Å²) in [5.74, 6) is 0. The lowest BCUT2D eigenvalue weighted by Gasteiger charge is -2.26. The third kappa shape index (κ3) is 4.58. The summed E-state index contributed by atoms with van der Waals surface area (Å²) in [5.41, 5.74) is 2.66. The van der Waals surface area contributed by atoms with Gasteiger partial charge in [0, 0.05) is 13.7 Å². The second-order valence-corrected chi connectivity index (χ2v) is 4.68. The smallest absolute Gasteiger partial charge is 0.0721 e. The number of benzene rings is 1. The van der Waals surface area contributed by atoms with Gasteiger partial charge in [-0.3, -0.25) is 0 Å². The van der Waals surface area contributed by atoms with Crippen LogP contribution in [0.2, 0.25) is 0 Å². The van der Waals surface area contributed by atoms with E-state index in [4.69, 9.17) is 14.2 Å². The van der Waals surface area contributed by atoms with Gasteiger partial charge >= 0.3 is 0 Å². The molecule has 0 amide bonds. The Morgan fingerprint density at radius 2 is 2.16 bits per heavy atom. The molecule has 0 bridgehead atoms. The molecule has 2 rings (SSSR count). The van der Waals surface area contributed by atoms with Crippen molar-refractivity contribution in [3.8, 4) is 0 Å². The first-order valence-corrected chi connectivity index (χ1v) is 6.87. The van der Waals surface area contributed by atoms with Gasteiger partial charge in [-0.05, 0) is 24.1 Å². The first-order valence-electron chi connectivity index (χ1n) is 6.87. The summed E-state index contributed by atoms with van der Waals surface area (Å²) in [6.07, 6.45) is 1.00. The zero-order valence-corrected chi connectivity index (χ0v) is 11.6. The summed E-state index contributed by atoms with van der Waals surface area (Å²) in [5, 5.41) is 3.53. The normalized spacial score (nSPS) is 18.3. The quantitative estimate of drug-likeness (QED) is 0.729. The van der Waals surface area contributed by atoms with Gasteiger partial charge in [0.2, 0.25) is 0 Å². The summed E-state index contributed by atoms with van der Waals surface area (Å²) >= 11 is 0. The topological polar surface area (TPSA) is 39.7 Å². The van der Waals surface area contributed by atoms with Crippen LogP contribution in [-0.4, -0.2) is 40.1 Å². The molecule has 1 aromatic carbocycles. The summed E-state index contributed by atoms with van der Waals surface area (Å²) in [7, 11) is 1.69. The predicted molar refractivity (Wildman–Crippen MR) is 74.2 cm³/mol. The van der Waals surface area contributed by atoms with Crippen LogP contribution >= 0.6 is 0 Å². The van der Waals surface area contributed by atoms with Crippen LogP contribution in [0.25, 0.3) is 0 Å². The molecule has 1 atom stereocenters. The van der Waals surface area contributed by atoms with Crippen molar-refractivity contribution in [1.82, 2.24) is 5.32 Å². The number of fused-ring (bicyclic) bond motifs is 1. The van der Waals surface area contributed by atoms with Crippen molar-refractivity contribution in [3.05, 3.63) is 35.4 Å². The number of rotatable bonds is 8. The number of methoxy groups -OCH3 is 1. The molecule has 0 saturated carbocycles. The van der Waals surface area contributed by atoms with Crippen molar-refractivity contribution < 1.29 is 14.2 Å². The minimum absolute atomic E-state index is 0.309. The van der Waals surface area contributed by atoms with Gasteiger partial charge in [0.25, 0.3) is 0 Å². The van der Waals surface area contributed by atoms with Gasteiger partial charge in [0.1, 0.15) is 0 Å². The molecule has 0 aliphatic carbocycles. The minimum Gasteiger partial charge on any atom is -0.382 e. The summed E-state index contributed by atoms with van der Waals surface area (Å²) < 4.78 is 16.0. The van der Waals surface area contributed by atoms with E-state index in [1.165, 1.54) is 11.1 Å². The highest BCUT2D eigenvalue weighted by Gasteiger charge is 2.19. The van der Waals surface area contributed by atoms with Crippen LogP contribution in [0, 0.1) is 0 Å². The van der Waals surface area contributed by atoms with Gasteiger partial charge in [-0.1, -0.05) is 24.3 Å². The predicted octanol–water partition coefficient (Wildman–Crippen LogP) is 1.90. The minimum atomic E-state index is 0.309. The van der Waals surface area contributed by atoms with Crippen LogP contribution in [0.4, 0.5) is 0 Å². The molecular formula is C15H23NO3. The van der Waals surface area contributed by atoms with Gasteiger partial charge in [-0.25, -0.2) is 0 Å². The molecule has 0 fully saturated rings. The summed E-state index contributed by atoms with van der Waals surface area (Å²) in [6.45, 7) is 4.53. The van der Waals surface area contributed by atoms with E-state index in [0.29, 0.717) is 19.3 Å². The van der Waals surface area contributed by atoms with E-state index in [0.717, 1.165) is 32.8 Å². The number of ether oxygens (including phenoxy) is 3. The molecule has 0 radical (unpaired) electrons.